The van der Waals surface area contributed by atoms with Crippen LogP contribution in [0.1, 0.15) is 24.8 Å². The van der Waals surface area contributed by atoms with Crippen molar-refractivity contribution in [3.63, 3.8) is 0 Å². The van der Waals surface area contributed by atoms with Crippen LogP contribution in [0.15, 0.2) is 30.4 Å². The minimum atomic E-state index is -0.528. The van der Waals surface area contributed by atoms with Crippen LogP contribution in [0.3, 0.4) is 0 Å². The molecule has 1 aromatic rings. The molecule has 2 nitrogen and oxygen atoms in total. The highest BCUT2D eigenvalue weighted by Crippen LogP contribution is 2.21. The second-order valence-corrected chi connectivity index (χ2v) is 3.77. The van der Waals surface area contributed by atoms with Gasteiger partial charge >= 0.3 is 0 Å². The molecule has 2 rings (SSSR count). The highest BCUT2D eigenvalue weighted by molar-refractivity contribution is 5.36. The standard InChI is InChI=1S/C13H12FNO/c14-13-8-12(7-6-10(13)9-15)16-11-4-2-1-3-5-11/h2,4,6-8,11H,1,3,5H2. The summed E-state index contributed by atoms with van der Waals surface area (Å²) in [5.74, 6) is -0.0483. The van der Waals surface area contributed by atoms with E-state index in [2.05, 4.69) is 6.08 Å². The number of nitriles is 1. The van der Waals surface area contributed by atoms with Gasteiger partial charge in [0.2, 0.25) is 0 Å². The molecule has 16 heavy (non-hydrogen) atoms. The Morgan fingerprint density at radius 2 is 2.31 bits per heavy atom. The molecule has 0 saturated carbocycles. The molecule has 1 aliphatic carbocycles. The molecule has 0 N–H and O–H groups in total. The summed E-state index contributed by atoms with van der Waals surface area (Å²) in [4.78, 5) is 0. The van der Waals surface area contributed by atoms with Crippen LogP contribution in [0.2, 0.25) is 0 Å². The summed E-state index contributed by atoms with van der Waals surface area (Å²) < 4.78 is 18.9. The SMILES string of the molecule is N#Cc1ccc(OC2C=CCCC2)cc1F. The molecule has 0 saturated heterocycles. The molecule has 1 aromatic carbocycles. The van der Waals surface area contributed by atoms with Crippen molar-refractivity contribution in [2.45, 2.75) is 25.4 Å². The van der Waals surface area contributed by atoms with Gasteiger partial charge in [0.25, 0.3) is 0 Å². The fourth-order valence-electron chi connectivity index (χ4n) is 1.71. The third kappa shape index (κ3) is 2.40. The summed E-state index contributed by atoms with van der Waals surface area (Å²) in [6, 6.07) is 6.12. The van der Waals surface area contributed by atoms with E-state index in [0.29, 0.717) is 5.75 Å². The van der Waals surface area contributed by atoms with Crippen molar-refractivity contribution in [1.82, 2.24) is 0 Å². The Labute approximate surface area is 94.0 Å². The molecule has 0 fully saturated rings. The van der Waals surface area contributed by atoms with Crippen LogP contribution < -0.4 is 4.74 Å². The van der Waals surface area contributed by atoms with E-state index in [0.717, 1.165) is 19.3 Å². The number of hydrogen-bond donors (Lipinski definition) is 0. The fourth-order valence-corrected chi connectivity index (χ4v) is 1.71. The van der Waals surface area contributed by atoms with Gasteiger partial charge in [-0.2, -0.15) is 5.26 Å². The van der Waals surface area contributed by atoms with Crippen LogP contribution in [0.25, 0.3) is 0 Å². The monoisotopic (exact) mass is 217 g/mol. The van der Waals surface area contributed by atoms with E-state index < -0.39 is 5.82 Å². The fraction of sp³-hybridized carbons (Fsp3) is 0.308. The molecule has 0 bridgehead atoms. The lowest BCUT2D eigenvalue weighted by atomic mass is 10.1. The van der Waals surface area contributed by atoms with Crippen molar-refractivity contribution in [2.75, 3.05) is 0 Å². The number of halogens is 1. The van der Waals surface area contributed by atoms with Gasteiger partial charge in [0.15, 0.2) is 0 Å². The highest BCUT2D eigenvalue weighted by atomic mass is 19.1. The molecule has 0 spiro atoms. The zero-order valence-corrected chi connectivity index (χ0v) is 8.82. The second kappa shape index (κ2) is 4.80. The van der Waals surface area contributed by atoms with Gasteiger partial charge in [-0.15, -0.1) is 0 Å². The van der Waals surface area contributed by atoms with Gasteiger partial charge in [-0.1, -0.05) is 6.08 Å². The lowest BCUT2D eigenvalue weighted by molar-refractivity contribution is 0.229. The van der Waals surface area contributed by atoms with Gasteiger partial charge in [0, 0.05) is 6.07 Å². The van der Waals surface area contributed by atoms with E-state index in [1.165, 1.54) is 12.1 Å². The summed E-state index contributed by atoms with van der Waals surface area (Å²) in [6.45, 7) is 0. The van der Waals surface area contributed by atoms with Crippen molar-refractivity contribution >= 4 is 0 Å². The molecule has 82 valence electrons. The summed E-state index contributed by atoms with van der Waals surface area (Å²) >= 11 is 0. The van der Waals surface area contributed by atoms with E-state index in [4.69, 9.17) is 10.00 Å². The molecule has 1 aliphatic rings. The lowest BCUT2D eigenvalue weighted by Crippen LogP contribution is -2.15. The summed E-state index contributed by atoms with van der Waals surface area (Å²) in [5.41, 5.74) is 0.0477. The minimum Gasteiger partial charge on any atom is -0.486 e. The first-order valence-corrected chi connectivity index (χ1v) is 5.32. The quantitative estimate of drug-likeness (QED) is 0.713. The molecule has 1 atom stereocenters. The van der Waals surface area contributed by atoms with Crippen molar-refractivity contribution in [2.24, 2.45) is 0 Å². The summed E-state index contributed by atoms with van der Waals surface area (Å²) in [6.07, 6.45) is 7.24. The maximum atomic E-state index is 13.3. The van der Waals surface area contributed by atoms with Crippen molar-refractivity contribution in [1.29, 1.82) is 5.26 Å². The van der Waals surface area contributed by atoms with E-state index >= 15 is 0 Å². The van der Waals surface area contributed by atoms with Crippen LogP contribution in [-0.4, -0.2) is 6.10 Å². The summed E-state index contributed by atoms with van der Waals surface area (Å²) in [7, 11) is 0. The van der Waals surface area contributed by atoms with Crippen LogP contribution in [-0.2, 0) is 0 Å². The van der Waals surface area contributed by atoms with Crippen molar-refractivity contribution < 1.29 is 9.13 Å². The van der Waals surface area contributed by atoms with Gasteiger partial charge in [0.1, 0.15) is 23.7 Å². The molecule has 0 amide bonds. The average molecular weight is 217 g/mol. The first-order chi connectivity index (χ1) is 7.79. The van der Waals surface area contributed by atoms with E-state index in [9.17, 15) is 4.39 Å². The Morgan fingerprint density at radius 1 is 1.44 bits per heavy atom. The van der Waals surface area contributed by atoms with Crippen LogP contribution in [0, 0.1) is 17.1 Å². The first kappa shape index (κ1) is 10.7. The molecular formula is C13H12FNO. The lowest BCUT2D eigenvalue weighted by Gasteiger charge is -2.18. The molecule has 3 heteroatoms. The Bertz CT molecular complexity index is 448. The molecule has 0 radical (unpaired) electrons. The maximum Gasteiger partial charge on any atom is 0.144 e. The number of ether oxygens (including phenoxy) is 1. The summed E-state index contributed by atoms with van der Waals surface area (Å²) in [5, 5.41) is 8.59. The number of hydrogen-bond acceptors (Lipinski definition) is 2. The molecule has 0 heterocycles. The smallest absolute Gasteiger partial charge is 0.144 e. The number of benzene rings is 1. The van der Waals surface area contributed by atoms with Crippen LogP contribution in [0.4, 0.5) is 4.39 Å². The van der Waals surface area contributed by atoms with Gasteiger partial charge in [-0.25, -0.2) is 4.39 Å². The van der Waals surface area contributed by atoms with E-state index in [-0.39, 0.29) is 11.7 Å². The number of allylic oxidation sites excluding steroid dienone is 1. The maximum absolute atomic E-state index is 13.3. The minimum absolute atomic E-state index is 0.0288. The van der Waals surface area contributed by atoms with Gasteiger partial charge < -0.3 is 4.74 Å². The van der Waals surface area contributed by atoms with Gasteiger partial charge in [-0.3, -0.25) is 0 Å². The Morgan fingerprint density at radius 3 is 2.94 bits per heavy atom. The van der Waals surface area contributed by atoms with Gasteiger partial charge in [-0.05, 0) is 37.5 Å². The van der Waals surface area contributed by atoms with Crippen molar-refractivity contribution in [3.8, 4) is 11.8 Å². The molecule has 0 aliphatic heterocycles. The Hall–Kier alpha value is -1.82. The van der Waals surface area contributed by atoms with Gasteiger partial charge in [0.05, 0.1) is 5.56 Å². The van der Waals surface area contributed by atoms with E-state index in [1.54, 1.807) is 12.1 Å². The van der Waals surface area contributed by atoms with E-state index in [1.807, 2.05) is 6.08 Å². The average Bonchev–Trinajstić information content (AvgIpc) is 2.31. The predicted molar refractivity (Wildman–Crippen MR) is 58.5 cm³/mol. The third-order valence-corrected chi connectivity index (χ3v) is 2.56. The predicted octanol–water partition coefficient (Wildman–Crippen LogP) is 3.18. The number of rotatable bonds is 2. The molecular weight excluding hydrogens is 205 g/mol. The van der Waals surface area contributed by atoms with Crippen LogP contribution >= 0.6 is 0 Å². The zero-order chi connectivity index (χ0) is 11.4. The highest BCUT2D eigenvalue weighted by Gasteiger charge is 2.11. The zero-order valence-electron chi connectivity index (χ0n) is 8.82. The van der Waals surface area contributed by atoms with Crippen molar-refractivity contribution in [3.05, 3.63) is 41.7 Å². The molecule has 1 unspecified atom stereocenters. The largest absolute Gasteiger partial charge is 0.486 e. The molecule has 0 aromatic heterocycles. The normalized spacial score (nSPS) is 19.1. The topological polar surface area (TPSA) is 33.0 Å². The first-order valence-electron chi connectivity index (χ1n) is 5.32. The number of nitrogens with zero attached hydrogens (tertiary/aromatic N) is 1. The second-order valence-electron chi connectivity index (χ2n) is 3.77. The Kier molecular flexibility index (Phi) is 3.21. The van der Waals surface area contributed by atoms with Crippen LogP contribution in [0.5, 0.6) is 5.75 Å². The third-order valence-electron chi connectivity index (χ3n) is 2.56. The Balaban J connectivity index is 2.10.